The van der Waals surface area contributed by atoms with Gasteiger partial charge in [-0.05, 0) is 38.7 Å². The number of amides is 2. The Morgan fingerprint density at radius 2 is 2.04 bits per heavy atom. The van der Waals surface area contributed by atoms with Crippen LogP contribution in [0.3, 0.4) is 0 Å². The monoisotopic (exact) mass is 346 g/mol. The van der Waals surface area contributed by atoms with Crippen molar-refractivity contribution in [3.63, 3.8) is 0 Å². The van der Waals surface area contributed by atoms with E-state index in [-0.39, 0.29) is 23.8 Å². The summed E-state index contributed by atoms with van der Waals surface area (Å²) in [4.78, 5) is 31.5. The zero-order valence-electron chi connectivity index (χ0n) is 13.9. The molecule has 1 fully saturated rings. The maximum Gasteiger partial charge on any atom is 0.267 e. The highest BCUT2D eigenvalue weighted by Crippen LogP contribution is 2.25. The summed E-state index contributed by atoms with van der Waals surface area (Å²) < 4.78 is 0. The fourth-order valence-corrected chi connectivity index (χ4v) is 3.76. The Hall–Kier alpha value is -2.15. The van der Waals surface area contributed by atoms with Crippen LogP contribution in [-0.4, -0.2) is 34.9 Å². The maximum absolute atomic E-state index is 12.4. The van der Waals surface area contributed by atoms with Gasteiger partial charge in [-0.3, -0.25) is 9.59 Å². The third-order valence-electron chi connectivity index (χ3n) is 4.52. The van der Waals surface area contributed by atoms with E-state index in [2.05, 4.69) is 20.6 Å². The summed E-state index contributed by atoms with van der Waals surface area (Å²) in [5.41, 5.74) is 2.36. The van der Waals surface area contributed by atoms with Gasteiger partial charge in [0.2, 0.25) is 5.91 Å². The van der Waals surface area contributed by atoms with Crippen molar-refractivity contribution in [3.05, 3.63) is 28.3 Å². The number of nitrogens with zero attached hydrogens (tertiary/aromatic N) is 1. The minimum absolute atomic E-state index is 0.0770. The van der Waals surface area contributed by atoms with Crippen LogP contribution in [0.15, 0.2) is 17.6 Å². The third-order valence-corrected chi connectivity index (χ3v) is 5.30. The van der Waals surface area contributed by atoms with Gasteiger partial charge >= 0.3 is 0 Å². The summed E-state index contributed by atoms with van der Waals surface area (Å²) in [5.74, 6) is 0.0806. The van der Waals surface area contributed by atoms with Gasteiger partial charge in [0.25, 0.3) is 5.91 Å². The smallest absolute Gasteiger partial charge is 0.267 e. The van der Waals surface area contributed by atoms with E-state index in [0.717, 1.165) is 41.9 Å². The molecule has 3 N–H and O–H groups in total. The second-order valence-corrected chi connectivity index (χ2v) is 7.25. The number of hydrogen-bond acceptors (Lipinski definition) is 4. The van der Waals surface area contributed by atoms with Crippen LogP contribution in [-0.2, 0) is 4.79 Å². The predicted molar refractivity (Wildman–Crippen MR) is 93.9 cm³/mol. The van der Waals surface area contributed by atoms with Gasteiger partial charge in [-0.2, -0.15) is 0 Å². The summed E-state index contributed by atoms with van der Waals surface area (Å²) >= 11 is 1.59. The van der Waals surface area contributed by atoms with Gasteiger partial charge in [0, 0.05) is 36.1 Å². The van der Waals surface area contributed by atoms with Crippen molar-refractivity contribution in [2.45, 2.75) is 38.6 Å². The molecular formula is C17H22N4O2S. The van der Waals surface area contributed by atoms with Crippen molar-refractivity contribution in [1.29, 1.82) is 0 Å². The number of H-pyrrole nitrogens is 1. The number of aryl methyl sites for hydroxylation is 1. The highest BCUT2D eigenvalue weighted by molar-refractivity contribution is 7.09. The molecule has 0 atom stereocenters. The molecule has 2 aromatic rings. The second kappa shape index (κ2) is 7.17. The third kappa shape index (κ3) is 3.67. The van der Waals surface area contributed by atoms with Gasteiger partial charge in [-0.1, -0.05) is 0 Å². The first-order valence-electron chi connectivity index (χ1n) is 8.20. The van der Waals surface area contributed by atoms with Crippen molar-refractivity contribution < 1.29 is 9.59 Å². The van der Waals surface area contributed by atoms with Gasteiger partial charge in [0.15, 0.2) is 0 Å². The van der Waals surface area contributed by atoms with Gasteiger partial charge in [0.05, 0.1) is 10.7 Å². The fourth-order valence-electron chi connectivity index (χ4n) is 3.14. The number of aromatic amines is 1. The molecule has 2 amide bonds. The fraction of sp³-hybridized carbons (Fsp3) is 0.471. The van der Waals surface area contributed by atoms with Crippen LogP contribution in [0.25, 0.3) is 11.3 Å². The molecule has 0 aliphatic heterocycles. The van der Waals surface area contributed by atoms with E-state index >= 15 is 0 Å². The second-order valence-electron chi connectivity index (χ2n) is 6.19. The summed E-state index contributed by atoms with van der Waals surface area (Å²) in [7, 11) is 1.67. The molecule has 2 aromatic heterocycles. The molecule has 0 aromatic carbocycles. The van der Waals surface area contributed by atoms with Gasteiger partial charge in [-0.15, -0.1) is 11.3 Å². The molecule has 0 spiro atoms. The molecule has 1 saturated carbocycles. The Kier molecular flexibility index (Phi) is 4.99. The molecule has 1 aliphatic carbocycles. The van der Waals surface area contributed by atoms with Gasteiger partial charge in [0.1, 0.15) is 5.69 Å². The van der Waals surface area contributed by atoms with Crippen molar-refractivity contribution >= 4 is 23.2 Å². The van der Waals surface area contributed by atoms with Crippen LogP contribution in [0.1, 0.15) is 41.2 Å². The van der Waals surface area contributed by atoms with Gasteiger partial charge < -0.3 is 15.6 Å². The average molecular weight is 346 g/mol. The quantitative estimate of drug-likeness (QED) is 0.795. The minimum atomic E-state index is -0.100. The van der Waals surface area contributed by atoms with E-state index in [1.54, 1.807) is 18.4 Å². The summed E-state index contributed by atoms with van der Waals surface area (Å²) in [6, 6.07) is 1.96. The van der Waals surface area contributed by atoms with Crippen LogP contribution in [0.2, 0.25) is 0 Å². The molecule has 0 radical (unpaired) electrons. The molecule has 0 bridgehead atoms. The van der Waals surface area contributed by atoms with Crippen molar-refractivity contribution in [3.8, 4) is 11.3 Å². The standard InChI is InChI=1S/C17H22N4O2S/c1-10-20-15(9-24-10)12-7-14(19-8-12)17(23)21-13-5-3-11(4-6-13)16(22)18-2/h7-9,11,13,19H,3-6H2,1-2H3,(H,18,22)(H,21,23). The molecule has 1 aliphatic rings. The topological polar surface area (TPSA) is 86.9 Å². The molecule has 7 heteroatoms. The normalized spacial score (nSPS) is 20.6. The zero-order valence-corrected chi connectivity index (χ0v) is 14.7. The van der Waals surface area contributed by atoms with Gasteiger partial charge in [-0.25, -0.2) is 4.98 Å². The number of thiazole rings is 1. The lowest BCUT2D eigenvalue weighted by Gasteiger charge is -2.27. The highest BCUT2D eigenvalue weighted by atomic mass is 32.1. The molecular weight excluding hydrogens is 324 g/mol. The summed E-state index contributed by atoms with van der Waals surface area (Å²) in [5, 5.41) is 8.75. The van der Waals surface area contributed by atoms with Crippen molar-refractivity contribution in [2.75, 3.05) is 7.05 Å². The lowest BCUT2D eigenvalue weighted by atomic mass is 9.85. The Bertz CT molecular complexity index is 729. The van der Waals surface area contributed by atoms with Crippen molar-refractivity contribution in [2.24, 2.45) is 5.92 Å². The molecule has 3 rings (SSSR count). The summed E-state index contributed by atoms with van der Waals surface area (Å²) in [6.45, 7) is 1.96. The molecule has 128 valence electrons. The molecule has 0 saturated heterocycles. The number of carbonyl (C=O) groups excluding carboxylic acids is 2. The average Bonchev–Trinajstić information content (AvgIpc) is 3.23. The van der Waals surface area contributed by atoms with E-state index in [1.807, 2.05) is 24.6 Å². The largest absolute Gasteiger partial charge is 0.359 e. The lowest BCUT2D eigenvalue weighted by Crippen LogP contribution is -2.40. The van der Waals surface area contributed by atoms with Crippen LogP contribution in [0, 0.1) is 12.8 Å². The molecule has 6 nitrogen and oxygen atoms in total. The maximum atomic E-state index is 12.4. The Labute approximate surface area is 145 Å². The van der Waals surface area contributed by atoms with Crippen LogP contribution in [0.4, 0.5) is 0 Å². The van der Waals surface area contributed by atoms with Crippen LogP contribution < -0.4 is 10.6 Å². The highest BCUT2D eigenvalue weighted by Gasteiger charge is 2.26. The number of carbonyl (C=O) groups is 2. The van der Waals surface area contributed by atoms with Crippen molar-refractivity contribution in [1.82, 2.24) is 20.6 Å². The first kappa shape index (κ1) is 16.7. The molecule has 2 heterocycles. The minimum Gasteiger partial charge on any atom is -0.359 e. The lowest BCUT2D eigenvalue weighted by molar-refractivity contribution is -0.125. The predicted octanol–water partition coefficient (Wildman–Crippen LogP) is 2.48. The van der Waals surface area contributed by atoms with E-state index in [9.17, 15) is 9.59 Å². The Balaban J connectivity index is 1.56. The Morgan fingerprint density at radius 1 is 1.29 bits per heavy atom. The van der Waals surface area contributed by atoms with E-state index in [1.165, 1.54) is 0 Å². The SMILES string of the molecule is CNC(=O)C1CCC(NC(=O)c2cc(-c3csc(C)n3)c[nH]2)CC1. The van der Waals surface area contributed by atoms with Crippen LogP contribution in [0.5, 0.6) is 0 Å². The first-order chi connectivity index (χ1) is 11.6. The number of rotatable bonds is 4. The Morgan fingerprint density at radius 3 is 2.67 bits per heavy atom. The summed E-state index contributed by atoms with van der Waals surface area (Å²) in [6.07, 6.45) is 5.12. The number of aromatic nitrogens is 2. The molecule has 24 heavy (non-hydrogen) atoms. The van der Waals surface area contributed by atoms with Crippen LogP contribution >= 0.6 is 11.3 Å². The number of nitrogens with one attached hydrogen (secondary N) is 3. The molecule has 0 unspecified atom stereocenters. The first-order valence-corrected chi connectivity index (χ1v) is 9.08. The van der Waals surface area contributed by atoms with E-state index in [4.69, 9.17) is 0 Å². The van der Waals surface area contributed by atoms with E-state index < -0.39 is 0 Å². The van der Waals surface area contributed by atoms with E-state index in [0.29, 0.717) is 5.69 Å². The zero-order chi connectivity index (χ0) is 17.1. The number of hydrogen-bond donors (Lipinski definition) is 3.